The highest BCUT2D eigenvalue weighted by Crippen LogP contribution is 2.42. The maximum Gasteiger partial charge on any atom is 0.387 e. The molecule has 0 aliphatic carbocycles. The summed E-state index contributed by atoms with van der Waals surface area (Å²) in [4.78, 5) is 29.0. The molecule has 0 unspecified atom stereocenters. The van der Waals surface area contributed by atoms with Gasteiger partial charge in [-0.3, -0.25) is 14.5 Å². The third-order valence-electron chi connectivity index (χ3n) is 4.85. The SMILES string of the molecule is CC#CCN1C(=O)c2ccccc2Sc2cc(NC(=O)c3ccc(OC(F)F)cc3)ccc21. The van der Waals surface area contributed by atoms with Crippen LogP contribution in [0.2, 0.25) is 0 Å². The monoisotopic (exact) mass is 464 g/mol. The number of hydrogen-bond acceptors (Lipinski definition) is 4. The first-order valence-electron chi connectivity index (χ1n) is 9.95. The standard InChI is InChI=1S/C25H18F2N2O3S/c1-2-3-14-29-20-13-10-17(15-22(20)33-21-7-5-4-6-19(21)24(29)31)28-23(30)16-8-11-18(12-9-16)32-25(26)27/h4-13,15,25H,14H2,1H3,(H,28,30). The van der Waals surface area contributed by atoms with Gasteiger partial charge >= 0.3 is 6.61 Å². The molecule has 0 fully saturated rings. The summed E-state index contributed by atoms with van der Waals surface area (Å²) in [5.41, 5.74) is 2.12. The number of benzene rings is 3. The molecule has 1 aliphatic heterocycles. The molecule has 0 saturated heterocycles. The third-order valence-corrected chi connectivity index (χ3v) is 5.97. The van der Waals surface area contributed by atoms with Gasteiger partial charge in [0.25, 0.3) is 11.8 Å². The minimum absolute atomic E-state index is 0.0263. The van der Waals surface area contributed by atoms with Crippen LogP contribution in [0.15, 0.2) is 76.5 Å². The number of rotatable bonds is 5. The molecule has 0 spiro atoms. The topological polar surface area (TPSA) is 58.6 Å². The Labute approximate surface area is 193 Å². The molecule has 3 aromatic carbocycles. The minimum atomic E-state index is -2.93. The van der Waals surface area contributed by atoms with E-state index in [0.29, 0.717) is 22.5 Å². The van der Waals surface area contributed by atoms with Gasteiger partial charge in [0.15, 0.2) is 0 Å². The molecule has 8 heteroatoms. The molecule has 0 bridgehead atoms. The van der Waals surface area contributed by atoms with E-state index in [1.54, 1.807) is 36.1 Å². The molecular weight excluding hydrogens is 446 g/mol. The normalized spacial score (nSPS) is 12.2. The van der Waals surface area contributed by atoms with Crippen molar-refractivity contribution in [2.75, 3.05) is 16.8 Å². The molecule has 0 saturated carbocycles. The smallest absolute Gasteiger partial charge is 0.387 e. The van der Waals surface area contributed by atoms with Gasteiger partial charge in [-0.25, -0.2) is 0 Å². The number of carbonyl (C=O) groups excluding carboxylic acids is 2. The molecule has 3 aromatic rings. The predicted molar refractivity (Wildman–Crippen MR) is 123 cm³/mol. The molecule has 166 valence electrons. The van der Waals surface area contributed by atoms with Crippen molar-refractivity contribution in [3.63, 3.8) is 0 Å². The largest absolute Gasteiger partial charge is 0.435 e. The number of nitrogens with zero attached hydrogens (tertiary/aromatic N) is 1. The summed E-state index contributed by atoms with van der Waals surface area (Å²) in [5.74, 6) is 5.21. The molecular formula is C25H18F2N2O3S. The van der Waals surface area contributed by atoms with E-state index in [1.807, 2.05) is 18.2 Å². The molecule has 0 radical (unpaired) electrons. The summed E-state index contributed by atoms with van der Waals surface area (Å²) < 4.78 is 28.9. The van der Waals surface area contributed by atoms with Crippen molar-refractivity contribution in [3.8, 4) is 17.6 Å². The Bertz CT molecular complexity index is 1270. The van der Waals surface area contributed by atoms with E-state index in [0.717, 1.165) is 9.79 Å². The van der Waals surface area contributed by atoms with Gasteiger partial charge in [0, 0.05) is 21.0 Å². The van der Waals surface area contributed by atoms with Gasteiger partial charge in [-0.15, -0.1) is 5.92 Å². The first-order chi connectivity index (χ1) is 16.0. The molecule has 1 N–H and O–H groups in total. The first kappa shape index (κ1) is 22.4. The zero-order valence-electron chi connectivity index (χ0n) is 17.5. The van der Waals surface area contributed by atoms with Crippen molar-refractivity contribution in [2.24, 2.45) is 0 Å². The fraction of sp³-hybridized carbons (Fsp3) is 0.120. The fourth-order valence-electron chi connectivity index (χ4n) is 3.31. The Morgan fingerprint density at radius 1 is 1.09 bits per heavy atom. The van der Waals surface area contributed by atoms with Crippen LogP contribution in [0.4, 0.5) is 20.2 Å². The molecule has 33 heavy (non-hydrogen) atoms. The van der Waals surface area contributed by atoms with Crippen LogP contribution in [0.3, 0.4) is 0 Å². The van der Waals surface area contributed by atoms with E-state index in [9.17, 15) is 18.4 Å². The van der Waals surface area contributed by atoms with Crippen LogP contribution in [0.1, 0.15) is 27.6 Å². The maximum absolute atomic E-state index is 13.2. The van der Waals surface area contributed by atoms with Gasteiger partial charge < -0.3 is 10.1 Å². The molecule has 0 aromatic heterocycles. The van der Waals surface area contributed by atoms with E-state index in [4.69, 9.17) is 0 Å². The number of anilines is 2. The van der Waals surface area contributed by atoms with Crippen LogP contribution in [-0.2, 0) is 0 Å². The zero-order valence-corrected chi connectivity index (χ0v) is 18.3. The summed E-state index contributed by atoms with van der Waals surface area (Å²) in [7, 11) is 0. The molecule has 5 nitrogen and oxygen atoms in total. The van der Waals surface area contributed by atoms with Crippen LogP contribution >= 0.6 is 11.8 Å². The average Bonchev–Trinajstić information content (AvgIpc) is 2.91. The lowest BCUT2D eigenvalue weighted by Gasteiger charge is -2.21. The van der Waals surface area contributed by atoms with Crippen LogP contribution < -0.4 is 15.0 Å². The molecule has 0 atom stereocenters. The number of hydrogen-bond donors (Lipinski definition) is 1. The van der Waals surface area contributed by atoms with E-state index in [-0.39, 0.29) is 18.2 Å². The van der Waals surface area contributed by atoms with Gasteiger partial charge in [0.2, 0.25) is 0 Å². The summed E-state index contributed by atoms with van der Waals surface area (Å²) >= 11 is 1.44. The molecule has 4 rings (SSSR count). The summed E-state index contributed by atoms with van der Waals surface area (Å²) in [6.45, 7) is -0.964. The van der Waals surface area contributed by atoms with Crippen molar-refractivity contribution in [1.82, 2.24) is 0 Å². The number of halogens is 2. The first-order valence-corrected chi connectivity index (χ1v) is 10.8. The Morgan fingerprint density at radius 2 is 1.85 bits per heavy atom. The van der Waals surface area contributed by atoms with Gasteiger partial charge in [0.05, 0.1) is 17.8 Å². The summed E-state index contributed by atoms with van der Waals surface area (Å²) in [6, 6.07) is 18.1. The molecule has 2 amide bonds. The Balaban J connectivity index is 1.62. The molecule has 1 heterocycles. The number of alkyl halides is 2. The predicted octanol–water partition coefficient (Wildman–Crippen LogP) is 5.68. The van der Waals surface area contributed by atoms with Crippen molar-refractivity contribution in [1.29, 1.82) is 0 Å². The van der Waals surface area contributed by atoms with Crippen molar-refractivity contribution in [3.05, 3.63) is 77.9 Å². The average molecular weight is 464 g/mol. The lowest BCUT2D eigenvalue weighted by Crippen LogP contribution is -2.31. The lowest BCUT2D eigenvalue weighted by atomic mass is 10.1. The van der Waals surface area contributed by atoms with Gasteiger partial charge in [-0.05, 0) is 61.5 Å². The number of fused-ring (bicyclic) bond motifs is 2. The Hall–Kier alpha value is -3.83. The second-order valence-corrected chi connectivity index (χ2v) is 8.04. The second-order valence-electron chi connectivity index (χ2n) is 6.96. The Morgan fingerprint density at radius 3 is 2.58 bits per heavy atom. The fourth-order valence-corrected chi connectivity index (χ4v) is 4.43. The Kier molecular flexibility index (Phi) is 6.61. The van der Waals surface area contributed by atoms with Crippen LogP contribution in [0.25, 0.3) is 0 Å². The van der Waals surface area contributed by atoms with Crippen molar-refractivity contribution in [2.45, 2.75) is 23.3 Å². The third kappa shape index (κ3) is 4.99. The van der Waals surface area contributed by atoms with Crippen molar-refractivity contribution < 1.29 is 23.1 Å². The van der Waals surface area contributed by atoms with Crippen LogP contribution in [0.5, 0.6) is 5.75 Å². The minimum Gasteiger partial charge on any atom is -0.435 e. The van der Waals surface area contributed by atoms with E-state index in [1.165, 1.54) is 36.0 Å². The lowest BCUT2D eigenvalue weighted by molar-refractivity contribution is -0.0498. The zero-order chi connectivity index (χ0) is 23.4. The summed E-state index contributed by atoms with van der Waals surface area (Å²) in [5, 5.41) is 2.81. The number of nitrogens with one attached hydrogen (secondary N) is 1. The summed E-state index contributed by atoms with van der Waals surface area (Å²) in [6.07, 6.45) is 0. The van der Waals surface area contributed by atoms with Crippen LogP contribution in [0, 0.1) is 11.8 Å². The number of carbonyl (C=O) groups is 2. The van der Waals surface area contributed by atoms with E-state index < -0.39 is 12.5 Å². The quantitative estimate of drug-likeness (QED) is 0.494. The van der Waals surface area contributed by atoms with Crippen LogP contribution in [-0.4, -0.2) is 25.0 Å². The number of ether oxygens (including phenoxy) is 1. The second kappa shape index (κ2) is 9.76. The highest BCUT2D eigenvalue weighted by molar-refractivity contribution is 7.99. The van der Waals surface area contributed by atoms with Crippen molar-refractivity contribution >= 4 is 35.0 Å². The number of amides is 2. The van der Waals surface area contributed by atoms with Gasteiger partial charge in [0.1, 0.15) is 5.75 Å². The molecule has 1 aliphatic rings. The highest BCUT2D eigenvalue weighted by atomic mass is 32.2. The van der Waals surface area contributed by atoms with Gasteiger partial charge in [-0.2, -0.15) is 8.78 Å². The van der Waals surface area contributed by atoms with E-state index in [2.05, 4.69) is 21.9 Å². The maximum atomic E-state index is 13.2. The van der Waals surface area contributed by atoms with Gasteiger partial charge in [-0.1, -0.05) is 29.8 Å². The highest BCUT2D eigenvalue weighted by Gasteiger charge is 2.27. The van der Waals surface area contributed by atoms with E-state index >= 15 is 0 Å².